The van der Waals surface area contributed by atoms with Crippen LogP contribution in [-0.4, -0.2) is 37.2 Å². The van der Waals surface area contributed by atoms with Gasteiger partial charge in [0, 0.05) is 17.7 Å². The molecule has 1 amide bonds. The lowest BCUT2D eigenvalue weighted by Gasteiger charge is -2.22. The molecule has 0 aliphatic heterocycles. The molecule has 212 valence electrons. The molecule has 0 bridgehead atoms. The van der Waals surface area contributed by atoms with Crippen LogP contribution in [0.2, 0.25) is 0 Å². The first-order valence-corrected chi connectivity index (χ1v) is 13.7. The predicted molar refractivity (Wildman–Crippen MR) is 158 cm³/mol. The van der Waals surface area contributed by atoms with Crippen molar-refractivity contribution in [2.75, 3.05) is 20.3 Å². The molecule has 4 rings (SSSR count). The Balaban J connectivity index is 1.61. The molecule has 0 spiro atoms. The predicted octanol–water partition coefficient (Wildman–Crippen LogP) is 7.16. The molecule has 0 saturated heterocycles. The number of methoxy groups -OCH3 is 1. The maximum absolute atomic E-state index is 15.1. The van der Waals surface area contributed by atoms with Gasteiger partial charge in [0.1, 0.15) is 17.3 Å². The Bertz CT molecular complexity index is 1460. The first-order chi connectivity index (χ1) is 20.0. The molecule has 0 unspecified atom stereocenters. The molecule has 4 aromatic carbocycles. The molecule has 0 radical (unpaired) electrons. The Hall–Kier alpha value is -4.65. The first-order valence-electron chi connectivity index (χ1n) is 13.7. The number of ether oxygens (including phenoxy) is 2. The highest BCUT2D eigenvalue weighted by molar-refractivity contribution is 6.03. The maximum atomic E-state index is 15.1. The van der Waals surface area contributed by atoms with Crippen molar-refractivity contribution in [3.63, 3.8) is 0 Å². The van der Waals surface area contributed by atoms with Gasteiger partial charge in [-0.15, -0.1) is 0 Å². The largest absolute Gasteiger partial charge is 0.495 e. The Morgan fingerprint density at radius 1 is 0.805 bits per heavy atom. The zero-order valence-corrected chi connectivity index (χ0v) is 23.1. The van der Waals surface area contributed by atoms with Crippen LogP contribution in [0.1, 0.15) is 41.6 Å². The van der Waals surface area contributed by atoms with Crippen LogP contribution >= 0.6 is 0 Å². The summed E-state index contributed by atoms with van der Waals surface area (Å²) >= 11 is 0. The van der Waals surface area contributed by atoms with Crippen molar-refractivity contribution in [1.82, 2.24) is 5.32 Å². The van der Waals surface area contributed by atoms with E-state index in [0.717, 1.165) is 32.1 Å². The number of halogens is 1. The number of carbonyl (C=O) groups excluding carboxylic acids is 1. The molecular formula is C34H34FNO5. The van der Waals surface area contributed by atoms with Gasteiger partial charge in [-0.25, -0.2) is 9.18 Å². The van der Waals surface area contributed by atoms with Crippen LogP contribution in [0.25, 0.3) is 22.3 Å². The molecule has 41 heavy (non-hydrogen) atoms. The summed E-state index contributed by atoms with van der Waals surface area (Å²) in [4.78, 5) is 25.0. The number of amides is 1. The number of rotatable bonds is 14. The summed E-state index contributed by atoms with van der Waals surface area (Å²) in [6.45, 7) is -0.180. The summed E-state index contributed by atoms with van der Waals surface area (Å²) in [7, 11) is 1.44. The van der Waals surface area contributed by atoms with Crippen LogP contribution in [0.15, 0.2) is 91.0 Å². The molecule has 0 atom stereocenters. The smallest absolute Gasteiger partial charge is 0.341 e. The number of aryl methyl sites for hydroxylation is 1. The summed E-state index contributed by atoms with van der Waals surface area (Å²) in [6.07, 6.45) is 4.95. The lowest BCUT2D eigenvalue weighted by atomic mass is 9.92. The molecule has 0 fully saturated rings. The summed E-state index contributed by atoms with van der Waals surface area (Å²) in [5, 5.41) is 12.3. The van der Waals surface area contributed by atoms with E-state index in [1.165, 1.54) is 24.8 Å². The highest BCUT2D eigenvalue weighted by Crippen LogP contribution is 2.47. The zero-order chi connectivity index (χ0) is 29.0. The fourth-order valence-corrected chi connectivity index (χ4v) is 4.81. The standard InChI is InChI=1S/C34H34FNO5/c1-40-32-28(34(39)36-21-13-3-2-6-14-24-15-7-4-8-16-24)22-27(26-19-11-12-20-29(26)35)33(41-23-30(37)38)31(32)25-17-9-5-10-18-25/h4-5,7-12,15-20,22H,2-3,6,13-14,21,23H2,1H3,(H,36,39)(H,37,38). The number of aliphatic carboxylic acids is 1. The summed E-state index contributed by atoms with van der Waals surface area (Å²) in [5.41, 5.74) is 2.98. The third kappa shape index (κ3) is 7.72. The minimum absolute atomic E-state index is 0.121. The third-order valence-electron chi connectivity index (χ3n) is 6.77. The van der Waals surface area contributed by atoms with Crippen molar-refractivity contribution in [2.45, 2.75) is 32.1 Å². The second-order valence-electron chi connectivity index (χ2n) is 9.64. The van der Waals surface area contributed by atoms with Crippen molar-refractivity contribution < 1.29 is 28.6 Å². The fraction of sp³-hybridized carbons (Fsp3) is 0.235. The molecule has 6 nitrogen and oxygen atoms in total. The Morgan fingerprint density at radius 2 is 1.46 bits per heavy atom. The molecule has 0 aliphatic rings. The van der Waals surface area contributed by atoms with Gasteiger partial charge in [-0.2, -0.15) is 0 Å². The van der Waals surface area contributed by atoms with E-state index in [9.17, 15) is 14.7 Å². The molecule has 0 saturated carbocycles. The van der Waals surface area contributed by atoms with Gasteiger partial charge in [0.15, 0.2) is 6.61 Å². The van der Waals surface area contributed by atoms with Crippen LogP contribution in [0, 0.1) is 5.82 Å². The number of hydrogen-bond acceptors (Lipinski definition) is 4. The van der Waals surface area contributed by atoms with Crippen molar-refractivity contribution in [3.05, 3.63) is 108 Å². The lowest BCUT2D eigenvalue weighted by Crippen LogP contribution is -2.25. The van der Waals surface area contributed by atoms with E-state index in [1.807, 2.05) is 36.4 Å². The Kier molecular flexibility index (Phi) is 10.5. The normalized spacial score (nSPS) is 10.7. The maximum Gasteiger partial charge on any atom is 0.341 e. The number of carboxylic acid groups (broad SMARTS) is 1. The Labute approximate surface area is 239 Å². The lowest BCUT2D eigenvalue weighted by molar-refractivity contribution is -0.139. The van der Waals surface area contributed by atoms with E-state index in [2.05, 4.69) is 17.4 Å². The quantitative estimate of drug-likeness (QED) is 0.161. The minimum Gasteiger partial charge on any atom is -0.495 e. The Morgan fingerprint density at radius 3 is 2.15 bits per heavy atom. The SMILES string of the molecule is COc1c(C(=O)NCCCCCCc2ccccc2)cc(-c2ccccc2F)c(OCC(=O)O)c1-c1ccccc1. The minimum atomic E-state index is -1.19. The van der Waals surface area contributed by atoms with Gasteiger partial charge in [0.2, 0.25) is 0 Å². The van der Waals surface area contributed by atoms with Crippen molar-refractivity contribution in [1.29, 1.82) is 0 Å². The fourth-order valence-electron chi connectivity index (χ4n) is 4.81. The number of hydrogen-bond donors (Lipinski definition) is 2. The molecule has 0 aromatic heterocycles. The molecule has 4 aromatic rings. The van der Waals surface area contributed by atoms with Crippen LogP contribution in [0.3, 0.4) is 0 Å². The second-order valence-corrected chi connectivity index (χ2v) is 9.64. The average molecular weight is 556 g/mol. The summed E-state index contributed by atoms with van der Waals surface area (Å²) in [6, 6.07) is 27.0. The molecule has 2 N–H and O–H groups in total. The van der Waals surface area contributed by atoms with Gasteiger partial charge in [0.25, 0.3) is 5.91 Å². The van der Waals surface area contributed by atoms with E-state index in [0.29, 0.717) is 17.7 Å². The van der Waals surface area contributed by atoms with E-state index in [4.69, 9.17) is 9.47 Å². The first kappa shape index (κ1) is 29.3. The van der Waals surface area contributed by atoms with E-state index >= 15 is 4.39 Å². The second kappa shape index (κ2) is 14.7. The van der Waals surface area contributed by atoms with Crippen molar-refractivity contribution in [2.24, 2.45) is 0 Å². The molecular weight excluding hydrogens is 521 g/mol. The number of unbranched alkanes of at least 4 members (excludes halogenated alkanes) is 3. The summed E-state index contributed by atoms with van der Waals surface area (Å²) < 4.78 is 26.6. The van der Waals surface area contributed by atoms with Crippen molar-refractivity contribution >= 4 is 11.9 Å². The van der Waals surface area contributed by atoms with Gasteiger partial charge in [0.05, 0.1) is 18.2 Å². The summed E-state index contributed by atoms with van der Waals surface area (Å²) in [5.74, 6) is -1.75. The van der Waals surface area contributed by atoms with E-state index in [1.54, 1.807) is 30.3 Å². The van der Waals surface area contributed by atoms with Crippen LogP contribution in [0.5, 0.6) is 11.5 Å². The number of carbonyl (C=O) groups is 2. The van der Waals surface area contributed by atoms with Gasteiger partial charge < -0.3 is 19.9 Å². The van der Waals surface area contributed by atoms with E-state index in [-0.39, 0.29) is 34.1 Å². The van der Waals surface area contributed by atoms with Gasteiger partial charge in [-0.1, -0.05) is 91.7 Å². The molecule has 0 heterocycles. The number of benzene rings is 4. The van der Waals surface area contributed by atoms with Crippen molar-refractivity contribution in [3.8, 4) is 33.8 Å². The molecule has 7 heteroatoms. The van der Waals surface area contributed by atoms with Crippen LogP contribution in [-0.2, 0) is 11.2 Å². The van der Waals surface area contributed by atoms with E-state index < -0.39 is 18.4 Å². The highest BCUT2D eigenvalue weighted by atomic mass is 19.1. The van der Waals surface area contributed by atoms with Gasteiger partial charge >= 0.3 is 5.97 Å². The average Bonchev–Trinajstić information content (AvgIpc) is 2.99. The van der Waals surface area contributed by atoms with Gasteiger partial charge in [-0.05, 0) is 42.5 Å². The molecule has 0 aliphatic carbocycles. The van der Waals surface area contributed by atoms with Gasteiger partial charge in [-0.3, -0.25) is 4.79 Å². The number of carboxylic acids is 1. The third-order valence-corrected chi connectivity index (χ3v) is 6.77. The topological polar surface area (TPSA) is 84.9 Å². The van der Waals surface area contributed by atoms with Crippen LogP contribution in [0.4, 0.5) is 4.39 Å². The number of nitrogens with one attached hydrogen (secondary N) is 1. The monoisotopic (exact) mass is 555 g/mol. The zero-order valence-electron chi connectivity index (χ0n) is 23.1. The highest BCUT2D eigenvalue weighted by Gasteiger charge is 2.27. The van der Waals surface area contributed by atoms with Crippen LogP contribution < -0.4 is 14.8 Å².